The lowest BCUT2D eigenvalue weighted by Gasteiger charge is -2.49. The van der Waals surface area contributed by atoms with Crippen LogP contribution in [-0.2, 0) is 30.0 Å². The molecule has 0 unspecified atom stereocenters. The molecule has 52 heavy (non-hydrogen) atoms. The van der Waals surface area contributed by atoms with Crippen LogP contribution in [0.25, 0.3) is 0 Å². The Balaban J connectivity index is 0.000000203. The van der Waals surface area contributed by atoms with Crippen LogP contribution in [0.15, 0.2) is 84.2 Å². The third kappa shape index (κ3) is 9.27. The molecule has 3 atom stereocenters. The lowest BCUT2D eigenvalue weighted by Crippen LogP contribution is -2.71. The molecule has 4 heterocycles. The smallest absolute Gasteiger partial charge is 0.416 e. The Morgan fingerprint density at radius 2 is 1.83 bits per heavy atom. The van der Waals surface area contributed by atoms with E-state index in [0.717, 1.165) is 25.2 Å². The molecular formula is C35H37F3N6O7S. The third-order valence-corrected chi connectivity index (χ3v) is 9.75. The van der Waals surface area contributed by atoms with Gasteiger partial charge in [-0.15, -0.1) is 11.8 Å². The van der Waals surface area contributed by atoms with Gasteiger partial charge < -0.3 is 30.9 Å². The van der Waals surface area contributed by atoms with Gasteiger partial charge in [0, 0.05) is 37.3 Å². The number of carboxylic acid groups (broad SMARTS) is 1. The van der Waals surface area contributed by atoms with Gasteiger partial charge in [0.25, 0.3) is 5.91 Å². The second-order valence-electron chi connectivity index (χ2n) is 11.9. The van der Waals surface area contributed by atoms with Gasteiger partial charge in [0.15, 0.2) is 0 Å². The summed E-state index contributed by atoms with van der Waals surface area (Å²) >= 11 is 1.43. The van der Waals surface area contributed by atoms with Crippen molar-refractivity contribution in [2.24, 2.45) is 5.73 Å². The second kappa shape index (κ2) is 17.0. The first-order valence-corrected chi connectivity index (χ1v) is 17.2. The Kier molecular flexibility index (Phi) is 12.5. The fraction of sp³-hybridized carbons (Fsp3) is 0.343. The maximum atomic E-state index is 12.9. The number of carboxylic acids is 1. The van der Waals surface area contributed by atoms with Crippen LogP contribution in [0.4, 0.5) is 24.7 Å². The number of esters is 1. The molecule has 6 rings (SSSR count). The van der Waals surface area contributed by atoms with Crippen molar-refractivity contribution in [2.75, 3.05) is 50.5 Å². The van der Waals surface area contributed by atoms with Crippen molar-refractivity contribution in [3.8, 4) is 0 Å². The summed E-state index contributed by atoms with van der Waals surface area (Å²) in [5.74, 6) is -1.95. The maximum absolute atomic E-state index is 12.9. The molecule has 3 aromatic rings. The van der Waals surface area contributed by atoms with Gasteiger partial charge >= 0.3 is 18.1 Å². The summed E-state index contributed by atoms with van der Waals surface area (Å²) in [5.41, 5.74) is 6.78. The highest BCUT2D eigenvalue weighted by Crippen LogP contribution is 2.40. The lowest BCUT2D eigenvalue weighted by atomic mass is 10.0. The van der Waals surface area contributed by atoms with Crippen molar-refractivity contribution in [2.45, 2.75) is 30.6 Å². The molecule has 0 radical (unpaired) electrons. The number of carbonyl (C=O) groups excluding carboxylic acids is 3. The monoisotopic (exact) mass is 742 g/mol. The van der Waals surface area contributed by atoms with E-state index in [9.17, 15) is 37.5 Å². The van der Waals surface area contributed by atoms with Crippen molar-refractivity contribution in [1.82, 2.24) is 20.1 Å². The highest BCUT2D eigenvalue weighted by Gasteiger charge is 2.54. The topological polar surface area (TPSA) is 176 Å². The van der Waals surface area contributed by atoms with E-state index < -0.39 is 53.0 Å². The highest BCUT2D eigenvalue weighted by atomic mass is 32.2. The number of aromatic nitrogens is 1. The Labute approximate surface area is 301 Å². The maximum Gasteiger partial charge on any atom is 0.416 e. The zero-order valence-corrected chi connectivity index (χ0v) is 28.8. The number of carbonyl (C=O) groups is 4. The third-order valence-electron chi connectivity index (χ3n) is 8.33. The number of ether oxygens (including phenoxy) is 2. The van der Waals surface area contributed by atoms with Crippen LogP contribution in [0.3, 0.4) is 0 Å². The number of pyridine rings is 1. The summed E-state index contributed by atoms with van der Waals surface area (Å²) in [4.78, 5) is 55.8. The molecule has 2 aromatic carbocycles. The van der Waals surface area contributed by atoms with Crippen LogP contribution in [0.1, 0.15) is 34.5 Å². The second-order valence-corrected chi connectivity index (χ2v) is 13.0. The first kappa shape index (κ1) is 38.3. The number of anilines is 2. The van der Waals surface area contributed by atoms with E-state index in [1.807, 2.05) is 6.07 Å². The number of benzene rings is 2. The van der Waals surface area contributed by atoms with Gasteiger partial charge in [0.05, 0.1) is 18.8 Å². The van der Waals surface area contributed by atoms with E-state index >= 15 is 0 Å². The van der Waals surface area contributed by atoms with Crippen molar-refractivity contribution in [3.05, 3.63) is 101 Å². The van der Waals surface area contributed by atoms with E-state index in [1.165, 1.54) is 41.1 Å². The molecule has 3 aliphatic rings. The van der Waals surface area contributed by atoms with Gasteiger partial charge in [-0.3, -0.25) is 19.4 Å². The van der Waals surface area contributed by atoms with Crippen molar-refractivity contribution >= 4 is 47.0 Å². The molecule has 1 aromatic heterocycles. The predicted molar refractivity (Wildman–Crippen MR) is 185 cm³/mol. The van der Waals surface area contributed by atoms with Crippen molar-refractivity contribution < 1.29 is 46.9 Å². The minimum Gasteiger partial charge on any atom is -0.477 e. The number of nitrogens with two attached hydrogens (primary N) is 1. The van der Waals surface area contributed by atoms with Crippen LogP contribution < -0.4 is 16.4 Å². The number of morpholine rings is 1. The summed E-state index contributed by atoms with van der Waals surface area (Å²) in [6.07, 6.45) is -3.01. The number of aliphatic carboxylic acids is 1. The number of hydrogen-bond acceptors (Lipinski definition) is 11. The average molecular weight is 743 g/mol. The van der Waals surface area contributed by atoms with Crippen LogP contribution in [0, 0.1) is 0 Å². The number of amides is 2. The molecule has 17 heteroatoms. The Bertz CT molecular complexity index is 1810. The van der Waals surface area contributed by atoms with E-state index in [4.69, 9.17) is 15.2 Å². The number of fused-ring (bicyclic) bond motifs is 1. The normalized spacial score (nSPS) is 19.3. The van der Waals surface area contributed by atoms with E-state index in [1.54, 1.807) is 37.3 Å². The molecule has 0 bridgehead atoms. The number of β-lactam (4-membered cyclic amide) rings is 1. The number of rotatable bonds is 10. The standard InChI is InChI=1S/C19H20F3N3O3.C16H17N3O4S/c20-19(21,22)14-3-1-4-15(13-14)24-17-16(5-2-6-23-17)18(26)28-12-9-25-7-10-27-11-8-25;1-8-7-24-15-11(14(21)19(15)12(8)16(22)23)18-13(20)10(17)9-5-3-2-4-6-9/h1-6,13H,7-12H2,(H,23,24);2-6,10-11,15H,7,17H2,1H3,(H,18,20)(H,22,23)/t;10-,11-,15-/m.1/s1. The van der Waals surface area contributed by atoms with E-state index in [0.29, 0.717) is 36.6 Å². The van der Waals surface area contributed by atoms with Gasteiger partial charge in [0.1, 0.15) is 41.1 Å². The summed E-state index contributed by atoms with van der Waals surface area (Å²) in [6.45, 7) is 5.36. The summed E-state index contributed by atoms with van der Waals surface area (Å²) < 4.78 is 49.2. The number of thioether (sulfide) groups is 1. The fourth-order valence-corrected chi connectivity index (χ4v) is 6.87. The summed E-state index contributed by atoms with van der Waals surface area (Å²) in [6, 6.07) is 15.0. The lowest BCUT2D eigenvalue weighted by molar-refractivity contribution is -0.150. The zero-order valence-electron chi connectivity index (χ0n) is 28.0. The Hall–Kier alpha value is -4.97. The number of alkyl halides is 3. The number of hydrogen-bond donors (Lipinski definition) is 4. The van der Waals surface area contributed by atoms with E-state index in [2.05, 4.69) is 20.5 Å². The minimum atomic E-state index is -4.46. The van der Waals surface area contributed by atoms with Crippen LogP contribution in [-0.4, -0.2) is 100 Å². The van der Waals surface area contributed by atoms with Gasteiger partial charge in [-0.2, -0.15) is 13.2 Å². The quantitative estimate of drug-likeness (QED) is 0.175. The molecule has 5 N–H and O–H groups in total. The molecule has 276 valence electrons. The Morgan fingerprint density at radius 3 is 2.52 bits per heavy atom. The molecule has 0 spiro atoms. The molecular weight excluding hydrogens is 705 g/mol. The van der Waals surface area contributed by atoms with Crippen LogP contribution in [0.2, 0.25) is 0 Å². The number of nitrogens with zero attached hydrogens (tertiary/aromatic N) is 3. The van der Waals surface area contributed by atoms with Crippen molar-refractivity contribution in [3.63, 3.8) is 0 Å². The molecule has 0 aliphatic carbocycles. The summed E-state index contributed by atoms with van der Waals surface area (Å²) in [5, 5.41) is 14.3. The molecule has 0 saturated carbocycles. The van der Waals surface area contributed by atoms with Gasteiger partial charge in [0.2, 0.25) is 5.91 Å². The van der Waals surface area contributed by atoms with Crippen LogP contribution in [0.5, 0.6) is 0 Å². The first-order valence-electron chi connectivity index (χ1n) is 16.2. The van der Waals surface area contributed by atoms with Gasteiger partial charge in [-0.05, 0) is 48.4 Å². The van der Waals surface area contributed by atoms with Crippen LogP contribution >= 0.6 is 11.8 Å². The molecule has 3 aliphatic heterocycles. The zero-order chi connectivity index (χ0) is 37.4. The molecule has 13 nitrogen and oxygen atoms in total. The average Bonchev–Trinajstić information content (AvgIpc) is 3.14. The molecule has 2 fully saturated rings. The van der Waals surface area contributed by atoms with E-state index in [-0.39, 0.29) is 29.4 Å². The minimum absolute atomic E-state index is 0.0154. The number of nitrogens with one attached hydrogen (secondary N) is 2. The van der Waals surface area contributed by atoms with Gasteiger partial charge in [-0.25, -0.2) is 14.6 Å². The van der Waals surface area contributed by atoms with Gasteiger partial charge in [-0.1, -0.05) is 36.4 Å². The first-order chi connectivity index (χ1) is 24.8. The fourth-order valence-electron chi connectivity index (χ4n) is 5.58. The number of halogens is 3. The largest absolute Gasteiger partial charge is 0.477 e. The SMILES string of the molecule is CC1=C(C(=O)O)N2C(=O)[C@@H](NC(=O)[C@H](N)c3ccccc3)[C@H]2SC1.O=C(OCCN1CCOCC1)c1cccnc1Nc1cccc(C(F)(F)F)c1. The van der Waals surface area contributed by atoms with Crippen molar-refractivity contribution in [1.29, 1.82) is 0 Å². The summed E-state index contributed by atoms with van der Waals surface area (Å²) in [7, 11) is 0. The highest BCUT2D eigenvalue weighted by molar-refractivity contribution is 8.00. The molecule has 2 amide bonds. The Morgan fingerprint density at radius 1 is 1.10 bits per heavy atom. The predicted octanol–water partition coefficient (Wildman–Crippen LogP) is 3.78. The molecule has 2 saturated heterocycles.